The van der Waals surface area contributed by atoms with E-state index in [0.29, 0.717) is 5.76 Å². The number of benzene rings is 1. The molecular formula is C24H29N3O2S. The first-order chi connectivity index (χ1) is 14.5. The summed E-state index contributed by atoms with van der Waals surface area (Å²) in [7, 11) is 2.17. The average Bonchev–Trinajstić information content (AvgIpc) is 3.42. The monoisotopic (exact) mass is 423 g/mol. The minimum atomic E-state index is -0.202. The number of thiophene rings is 1. The lowest BCUT2D eigenvalue weighted by Crippen LogP contribution is -2.46. The van der Waals surface area contributed by atoms with E-state index in [2.05, 4.69) is 66.3 Å². The van der Waals surface area contributed by atoms with Crippen molar-refractivity contribution in [2.24, 2.45) is 0 Å². The summed E-state index contributed by atoms with van der Waals surface area (Å²) >= 11 is 1.67. The normalized spacial score (nSPS) is 16.5. The number of hydrogen-bond acceptors (Lipinski definition) is 5. The summed E-state index contributed by atoms with van der Waals surface area (Å²) in [4.78, 5) is 18.9. The molecule has 1 atom stereocenters. The molecule has 5 nitrogen and oxygen atoms in total. The summed E-state index contributed by atoms with van der Waals surface area (Å²) in [5, 5.41) is 4.04. The molecule has 30 heavy (non-hydrogen) atoms. The number of carbonyl (C=O) groups excluding carboxylic acids is 1. The van der Waals surface area contributed by atoms with E-state index in [0.717, 1.165) is 37.6 Å². The SMILES string of the molecule is CCc1cc([C@H](c2ccc(C)cc2)N2CCN(C)CC2)c(NC(=O)c2ccco2)s1. The number of nitrogens with zero attached hydrogens (tertiary/aromatic N) is 2. The van der Waals surface area contributed by atoms with E-state index in [-0.39, 0.29) is 11.9 Å². The molecule has 0 unspecified atom stereocenters. The Labute approximate surface area is 182 Å². The highest BCUT2D eigenvalue weighted by molar-refractivity contribution is 7.16. The Morgan fingerprint density at radius 3 is 2.53 bits per heavy atom. The molecular weight excluding hydrogens is 394 g/mol. The maximum atomic E-state index is 12.7. The second-order valence-electron chi connectivity index (χ2n) is 7.93. The molecule has 0 spiro atoms. The Bertz CT molecular complexity index is 971. The van der Waals surface area contributed by atoms with Crippen LogP contribution in [0.1, 0.15) is 45.1 Å². The molecule has 6 heteroatoms. The van der Waals surface area contributed by atoms with Crippen LogP contribution in [0.25, 0.3) is 0 Å². The second-order valence-corrected chi connectivity index (χ2v) is 9.07. The molecule has 1 saturated heterocycles. The Morgan fingerprint density at radius 2 is 1.90 bits per heavy atom. The summed E-state index contributed by atoms with van der Waals surface area (Å²) in [5.74, 6) is 0.130. The van der Waals surface area contributed by atoms with E-state index in [1.54, 1.807) is 23.5 Å². The van der Waals surface area contributed by atoms with E-state index in [9.17, 15) is 4.79 Å². The van der Waals surface area contributed by atoms with E-state index in [1.807, 2.05) is 0 Å². The van der Waals surface area contributed by atoms with Crippen molar-refractivity contribution in [2.75, 3.05) is 38.5 Å². The van der Waals surface area contributed by atoms with Gasteiger partial charge in [0.15, 0.2) is 5.76 Å². The van der Waals surface area contributed by atoms with Crippen LogP contribution in [0.2, 0.25) is 0 Å². The molecule has 1 N–H and O–H groups in total. The molecule has 4 rings (SSSR count). The molecule has 1 aliphatic rings. The van der Waals surface area contributed by atoms with Crippen LogP contribution in [0.5, 0.6) is 0 Å². The number of furan rings is 1. The quantitative estimate of drug-likeness (QED) is 0.619. The van der Waals surface area contributed by atoms with Crippen LogP contribution in [0.4, 0.5) is 5.00 Å². The van der Waals surface area contributed by atoms with Gasteiger partial charge in [0.2, 0.25) is 0 Å². The Kier molecular flexibility index (Phi) is 6.37. The predicted octanol–water partition coefficient (Wildman–Crippen LogP) is 4.80. The summed E-state index contributed by atoms with van der Waals surface area (Å²) in [6, 6.07) is 14.6. The average molecular weight is 424 g/mol. The standard InChI is InChI=1S/C24H29N3O2S/c1-4-19-16-20(24(30-19)25-23(28)21-6-5-15-29-21)22(18-9-7-17(2)8-10-18)27-13-11-26(3)12-14-27/h5-10,15-16,22H,4,11-14H2,1-3H3,(H,25,28)/t22-/m0/s1. The van der Waals surface area contributed by atoms with Gasteiger partial charge in [-0.3, -0.25) is 9.69 Å². The molecule has 0 aliphatic carbocycles. The van der Waals surface area contributed by atoms with Gasteiger partial charge in [0.25, 0.3) is 5.91 Å². The number of likely N-dealkylation sites (N-methyl/N-ethyl adjacent to an activating group) is 1. The third-order valence-electron chi connectivity index (χ3n) is 5.72. The molecule has 1 fully saturated rings. The van der Waals surface area contributed by atoms with E-state index in [1.165, 1.54) is 27.8 Å². The van der Waals surface area contributed by atoms with Crippen molar-refractivity contribution in [3.05, 3.63) is 76.1 Å². The van der Waals surface area contributed by atoms with Gasteiger partial charge < -0.3 is 14.6 Å². The van der Waals surface area contributed by atoms with Crippen LogP contribution in [-0.4, -0.2) is 48.9 Å². The van der Waals surface area contributed by atoms with Gasteiger partial charge in [0.05, 0.1) is 12.3 Å². The van der Waals surface area contributed by atoms with Crippen molar-refractivity contribution >= 4 is 22.2 Å². The summed E-state index contributed by atoms with van der Waals surface area (Å²) in [6.07, 6.45) is 2.47. The molecule has 0 radical (unpaired) electrons. The number of rotatable bonds is 6. The largest absolute Gasteiger partial charge is 0.459 e. The van der Waals surface area contributed by atoms with Gasteiger partial charge in [0, 0.05) is 36.6 Å². The fraction of sp³-hybridized carbons (Fsp3) is 0.375. The lowest BCUT2D eigenvalue weighted by molar-refractivity contribution is 0.0996. The van der Waals surface area contributed by atoms with Crippen LogP contribution in [0.3, 0.4) is 0 Å². The minimum Gasteiger partial charge on any atom is -0.459 e. The van der Waals surface area contributed by atoms with Crippen LogP contribution >= 0.6 is 11.3 Å². The summed E-state index contributed by atoms with van der Waals surface area (Å²) in [6.45, 7) is 8.35. The maximum absolute atomic E-state index is 12.7. The third-order valence-corrected chi connectivity index (χ3v) is 6.93. The van der Waals surface area contributed by atoms with Crippen LogP contribution in [-0.2, 0) is 6.42 Å². The fourth-order valence-corrected chi connectivity index (χ4v) is 4.95. The molecule has 3 aromatic rings. The van der Waals surface area contributed by atoms with Crippen LogP contribution in [0, 0.1) is 6.92 Å². The minimum absolute atomic E-state index is 0.114. The predicted molar refractivity (Wildman–Crippen MR) is 122 cm³/mol. The Hall–Kier alpha value is -2.41. The molecule has 0 saturated carbocycles. The first kappa shape index (κ1) is 20.8. The zero-order valence-corrected chi connectivity index (χ0v) is 18.7. The number of piperazine rings is 1. The highest BCUT2D eigenvalue weighted by Gasteiger charge is 2.29. The van der Waals surface area contributed by atoms with Crippen molar-refractivity contribution in [2.45, 2.75) is 26.3 Å². The number of aryl methyl sites for hydroxylation is 2. The van der Waals surface area contributed by atoms with Crippen molar-refractivity contribution in [3.8, 4) is 0 Å². The topological polar surface area (TPSA) is 48.7 Å². The van der Waals surface area contributed by atoms with Gasteiger partial charge in [-0.05, 0) is 44.2 Å². The summed E-state index contributed by atoms with van der Waals surface area (Å²) in [5.41, 5.74) is 3.69. The van der Waals surface area contributed by atoms with Gasteiger partial charge in [-0.1, -0.05) is 36.8 Å². The van der Waals surface area contributed by atoms with Gasteiger partial charge in [-0.15, -0.1) is 11.3 Å². The third kappa shape index (κ3) is 4.51. The first-order valence-electron chi connectivity index (χ1n) is 10.5. The summed E-state index contributed by atoms with van der Waals surface area (Å²) < 4.78 is 5.30. The maximum Gasteiger partial charge on any atom is 0.291 e. The zero-order chi connectivity index (χ0) is 21.1. The smallest absolute Gasteiger partial charge is 0.291 e. The van der Waals surface area contributed by atoms with E-state index < -0.39 is 0 Å². The number of anilines is 1. The first-order valence-corrected chi connectivity index (χ1v) is 11.3. The molecule has 158 valence electrons. The molecule has 2 aromatic heterocycles. The zero-order valence-electron chi connectivity index (χ0n) is 17.9. The molecule has 1 aliphatic heterocycles. The highest BCUT2D eigenvalue weighted by atomic mass is 32.1. The number of hydrogen-bond donors (Lipinski definition) is 1. The van der Waals surface area contributed by atoms with Crippen molar-refractivity contribution in [1.82, 2.24) is 9.80 Å². The Morgan fingerprint density at radius 1 is 1.17 bits per heavy atom. The molecule has 1 aromatic carbocycles. The van der Waals surface area contributed by atoms with Gasteiger partial charge in [0.1, 0.15) is 5.00 Å². The Balaban J connectivity index is 1.72. The number of carbonyl (C=O) groups is 1. The van der Waals surface area contributed by atoms with Gasteiger partial charge in [-0.2, -0.15) is 0 Å². The van der Waals surface area contributed by atoms with Gasteiger partial charge >= 0.3 is 0 Å². The van der Waals surface area contributed by atoms with E-state index in [4.69, 9.17) is 4.42 Å². The van der Waals surface area contributed by atoms with Crippen LogP contribution in [0.15, 0.2) is 53.1 Å². The highest BCUT2D eigenvalue weighted by Crippen LogP contribution is 2.40. The molecule has 1 amide bonds. The molecule has 0 bridgehead atoms. The molecule has 3 heterocycles. The fourth-order valence-electron chi connectivity index (χ4n) is 3.92. The van der Waals surface area contributed by atoms with Crippen molar-refractivity contribution in [3.63, 3.8) is 0 Å². The number of amides is 1. The lowest BCUT2D eigenvalue weighted by Gasteiger charge is -2.38. The van der Waals surface area contributed by atoms with Gasteiger partial charge in [-0.25, -0.2) is 0 Å². The van der Waals surface area contributed by atoms with E-state index >= 15 is 0 Å². The van der Waals surface area contributed by atoms with Crippen molar-refractivity contribution in [1.29, 1.82) is 0 Å². The van der Waals surface area contributed by atoms with Crippen molar-refractivity contribution < 1.29 is 9.21 Å². The van der Waals surface area contributed by atoms with Crippen LogP contribution < -0.4 is 5.32 Å². The number of nitrogens with one attached hydrogen (secondary N) is 1. The lowest BCUT2D eigenvalue weighted by atomic mass is 9.96. The second kappa shape index (κ2) is 9.16.